The Bertz CT molecular complexity index is 615. The average Bonchev–Trinajstić information content (AvgIpc) is 2.36. The van der Waals surface area contributed by atoms with Gasteiger partial charge in [0.1, 0.15) is 0 Å². The lowest BCUT2D eigenvalue weighted by Gasteiger charge is -2.34. The lowest BCUT2D eigenvalue weighted by molar-refractivity contribution is -0.117. The molecule has 0 spiro atoms. The maximum absolute atomic E-state index is 12.1. The van der Waals surface area contributed by atoms with Crippen molar-refractivity contribution in [2.45, 2.75) is 25.2 Å². The maximum atomic E-state index is 12.1. The first-order valence-corrected chi connectivity index (χ1v) is 9.45. The van der Waals surface area contributed by atoms with Crippen LogP contribution in [-0.4, -0.2) is 45.1 Å². The summed E-state index contributed by atoms with van der Waals surface area (Å²) < 4.78 is 22.8. The lowest BCUT2D eigenvalue weighted by Crippen LogP contribution is -2.42. The number of nitrogens with zero attached hydrogens (tertiary/aromatic N) is 1. The molecule has 1 aromatic rings. The van der Waals surface area contributed by atoms with Gasteiger partial charge in [-0.05, 0) is 42.5 Å². The summed E-state index contributed by atoms with van der Waals surface area (Å²) in [7, 11) is -3.20. The van der Waals surface area contributed by atoms with Gasteiger partial charge >= 0.3 is 0 Å². The minimum atomic E-state index is -3.20. The summed E-state index contributed by atoms with van der Waals surface area (Å²) in [6.07, 6.45) is 2.38. The topological polar surface area (TPSA) is 66.5 Å². The molecule has 1 aliphatic heterocycles. The highest BCUT2D eigenvalue weighted by molar-refractivity contribution is 7.90. The van der Waals surface area contributed by atoms with Crippen LogP contribution in [0.4, 0.5) is 5.69 Å². The van der Waals surface area contributed by atoms with Crippen molar-refractivity contribution in [1.82, 2.24) is 4.90 Å². The fourth-order valence-corrected chi connectivity index (χ4v) is 3.74. The number of nitrogens with one attached hydrogen (secondary N) is 1. The molecule has 1 N–H and O–H groups in total. The standard InChI is InChI=1S/C16H24N2O3S/c1-12-8-13(2)10-18(9-12)11-16(19)17-14-4-6-15(7-5-14)22(3,20)21/h4-7,12-13H,8-11H2,1-3H3,(H,17,19). The molecule has 0 radical (unpaired) electrons. The Balaban J connectivity index is 1.92. The van der Waals surface area contributed by atoms with Crippen LogP contribution in [0.5, 0.6) is 0 Å². The summed E-state index contributed by atoms with van der Waals surface area (Å²) in [6, 6.07) is 6.26. The van der Waals surface area contributed by atoms with E-state index in [1.807, 2.05) is 0 Å². The molecular formula is C16H24N2O3S. The zero-order chi connectivity index (χ0) is 16.3. The first-order valence-electron chi connectivity index (χ1n) is 7.56. The minimum absolute atomic E-state index is 0.0617. The van der Waals surface area contributed by atoms with E-state index >= 15 is 0 Å². The van der Waals surface area contributed by atoms with Gasteiger partial charge in [-0.25, -0.2) is 8.42 Å². The van der Waals surface area contributed by atoms with E-state index in [4.69, 9.17) is 0 Å². The molecule has 122 valence electrons. The molecule has 2 rings (SSSR count). The van der Waals surface area contributed by atoms with E-state index in [1.165, 1.54) is 24.8 Å². The largest absolute Gasteiger partial charge is 0.325 e. The summed E-state index contributed by atoms with van der Waals surface area (Å²) in [5, 5.41) is 2.82. The fraction of sp³-hybridized carbons (Fsp3) is 0.562. The van der Waals surface area contributed by atoms with Gasteiger partial charge in [0.25, 0.3) is 0 Å². The quantitative estimate of drug-likeness (QED) is 0.920. The Morgan fingerprint density at radius 2 is 1.73 bits per heavy atom. The number of likely N-dealkylation sites (tertiary alicyclic amines) is 1. The molecule has 0 saturated carbocycles. The van der Waals surface area contributed by atoms with Crippen LogP contribution >= 0.6 is 0 Å². The van der Waals surface area contributed by atoms with Gasteiger partial charge < -0.3 is 5.32 Å². The van der Waals surface area contributed by atoms with Gasteiger partial charge in [-0.3, -0.25) is 9.69 Å². The lowest BCUT2D eigenvalue weighted by atomic mass is 9.92. The molecule has 2 unspecified atom stereocenters. The number of anilines is 1. The SMILES string of the molecule is CC1CC(C)CN(CC(=O)Nc2ccc(S(C)(=O)=O)cc2)C1. The highest BCUT2D eigenvalue weighted by Crippen LogP contribution is 2.20. The average molecular weight is 324 g/mol. The van der Waals surface area contributed by atoms with Crippen molar-refractivity contribution in [3.05, 3.63) is 24.3 Å². The van der Waals surface area contributed by atoms with Crippen molar-refractivity contribution < 1.29 is 13.2 Å². The number of rotatable bonds is 4. The molecule has 1 saturated heterocycles. The zero-order valence-electron chi connectivity index (χ0n) is 13.4. The Morgan fingerprint density at radius 1 is 1.18 bits per heavy atom. The molecule has 1 amide bonds. The number of piperidine rings is 1. The molecule has 1 aromatic carbocycles. The molecule has 5 nitrogen and oxygen atoms in total. The number of benzene rings is 1. The highest BCUT2D eigenvalue weighted by Gasteiger charge is 2.23. The number of hydrogen-bond donors (Lipinski definition) is 1. The summed E-state index contributed by atoms with van der Waals surface area (Å²) in [6.45, 7) is 6.70. The van der Waals surface area contributed by atoms with Gasteiger partial charge in [0.15, 0.2) is 9.84 Å². The molecule has 1 aliphatic rings. The predicted molar refractivity (Wildman–Crippen MR) is 87.6 cm³/mol. The molecule has 0 bridgehead atoms. The number of amides is 1. The number of carbonyl (C=O) groups excluding carboxylic acids is 1. The van der Waals surface area contributed by atoms with E-state index in [1.54, 1.807) is 12.1 Å². The third-order valence-electron chi connectivity index (χ3n) is 3.88. The summed E-state index contributed by atoms with van der Waals surface area (Å²) in [4.78, 5) is 14.5. The molecule has 1 fully saturated rings. The molecule has 6 heteroatoms. The zero-order valence-corrected chi connectivity index (χ0v) is 14.2. The molecule has 2 atom stereocenters. The second-order valence-corrected chi connectivity index (χ2v) is 8.50. The predicted octanol–water partition coefficient (Wildman–Crippen LogP) is 2.01. The monoisotopic (exact) mass is 324 g/mol. The smallest absolute Gasteiger partial charge is 0.238 e. The van der Waals surface area contributed by atoms with Crippen LogP contribution in [0.3, 0.4) is 0 Å². The van der Waals surface area contributed by atoms with Crippen LogP contribution in [0.15, 0.2) is 29.2 Å². The maximum Gasteiger partial charge on any atom is 0.238 e. The second-order valence-electron chi connectivity index (χ2n) is 6.48. The van der Waals surface area contributed by atoms with Gasteiger partial charge in [-0.15, -0.1) is 0 Å². The van der Waals surface area contributed by atoms with Crippen molar-refractivity contribution >= 4 is 21.4 Å². The molecule has 1 heterocycles. The van der Waals surface area contributed by atoms with E-state index in [2.05, 4.69) is 24.1 Å². The van der Waals surface area contributed by atoms with Crippen molar-refractivity contribution in [2.24, 2.45) is 11.8 Å². The Labute approximate surface area is 132 Å². The van der Waals surface area contributed by atoms with Crippen LogP contribution in [0, 0.1) is 11.8 Å². The van der Waals surface area contributed by atoms with Crippen molar-refractivity contribution in [2.75, 3.05) is 31.2 Å². The highest BCUT2D eigenvalue weighted by atomic mass is 32.2. The summed E-state index contributed by atoms with van der Waals surface area (Å²) >= 11 is 0. The molecule has 22 heavy (non-hydrogen) atoms. The molecule has 0 aliphatic carbocycles. The third-order valence-corrected chi connectivity index (χ3v) is 5.01. The second kappa shape index (κ2) is 6.79. The van der Waals surface area contributed by atoms with E-state index < -0.39 is 9.84 Å². The van der Waals surface area contributed by atoms with Crippen LogP contribution < -0.4 is 5.32 Å². The van der Waals surface area contributed by atoms with Crippen LogP contribution in [-0.2, 0) is 14.6 Å². The van der Waals surface area contributed by atoms with Gasteiger partial charge in [-0.1, -0.05) is 13.8 Å². The Hall–Kier alpha value is -1.40. The van der Waals surface area contributed by atoms with Crippen LogP contribution in [0.2, 0.25) is 0 Å². The summed E-state index contributed by atoms with van der Waals surface area (Å²) in [5.74, 6) is 1.17. The van der Waals surface area contributed by atoms with Gasteiger partial charge in [-0.2, -0.15) is 0 Å². The van der Waals surface area contributed by atoms with Gasteiger partial charge in [0.05, 0.1) is 11.4 Å². The van der Waals surface area contributed by atoms with Crippen molar-refractivity contribution in [3.63, 3.8) is 0 Å². The first-order chi connectivity index (χ1) is 10.2. The van der Waals surface area contributed by atoms with E-state index in [0.717, 1.165) is 13.1 Å². The number of hydrogen-bond acceptors (Lipinski definition) is 4. The van der Waals surface area contributed by atoms with E-state index in [0.29, 0.717) is 24.1 Å². The molecular weight excluding hydrogens is 300 g/mol. The van der Waals surface area contributed by atoms with Crippen LogP contribution in [0.25, 0.3) is 0 Å². The third kappa shape index (κ3) is 4.81. The first kappa shape index (κ1) is 17.0. The van der Waals surface area contributed by atoms with Crippen molar-refractivity contribution in [3.8, 4) is 0 Å². The van der Waals surface area contributed by atoms with Gasteiger partial charge in [0, 0.05) is 25.0 Å². The fourth-order valence-electron chi connectivity index (χ4n) is 3.11. The summed E-state index contributed by atoms with van der Waals surface area (Å²) in [5.41, 5.74) is 0.621. The Kier molecular flexibility index (Phi) is 5.24. The number of sulfone groups is 1. The van der Waals surface area contributed by atoms with E-state index in [9.17, 15) is 13.2 Å². The van der Waals surface area contributed by atoms with Crippen molar-refractivity contribution in [1.29, 1.82) is 0 Å². The number of carbonyl (C=O) groups is 1. The van der Waals surface area contributed by atoms with E-state index in [-0.39, 0.29) is 10.8 Å². The molecule has 0 aromatic heterocycles. The minimum Gasteiger partial charge on any atom is -0.325 e. The van der Waals surface area contributed by atoms with Gasteiger partial charge in [0.2, 0.25) is 5.91 Å². The van der Waals surface area contributed by atoms with Crippen LogP contribution in [0.1, 0.15) is 20.3 Å². The Morgan fingerprint density at radius 3 is 2.23 bits per heavy atom. The normalized spacial score (nSPS) is 23.2.